The van der Waals surface area contributed by atoms with E-state index in [2.05, 4.69) is 25.0 Å². The maximum atomic E-state index is 12.5. The number of para-hydroxylation sites is 2. The lowest BCUT2D eigenvalue weighted by atomic mass is 10.1. The molecule has 1 aromatic heterocycles. The van der Waals surface area contributed by atoms with E-state index in [4.69, 9.17) is 11.6 Å². The number of amides is 1. The fourth-order valence-electron chi connectivity index (χ4n) is 3.53. The largest absolute Gasteiger partial charge is 0.324 e. The number of nitrogens with one attached hydrogen (secondary N) is 1. The monoisotopic (exact) mass is 441 g/mol. The van der Waals surface area contributed by atoms with Crippen molar-refractivity contribution in [3.8, 4) is 5.69 Å². The zero-order valence-electron chi connectivity index (χ0n) is 16.6. The van der Waals surface area contributed by atoms with Gasteiger partial charge in [0.1, 0.15) is 0 Å². The van der Waals surface area contributed by atoms with E-state index in [1.165, 1.54) is 31.0 Å². The third-order valence-corrected chi connectivity index (χ3v) is 6.27. The van der Waals surface area contributed by atoms with Crippen LogP contribution in [0.25, 0.3) is 5.69 Å². The van der Waals surface area contributed by atoms with Crippen molar-refractivity contribution in [2.24, 2.45) is 0 Å². The van der Waals surface area contributed by atoms with Gasteiger partial charge in [-0.1, -0.05) is 60.1 Å². The Labute approximate surface area is 185 Å². The molecule has 8 heteroatoms. The summed E-state index contributed by atoms with van der Waals surface area (Å²) in [5.41, 5.74) is 1.61. The van der Waals surface area contributed by atoms with Gasteiger partial charge in [-0.05, 0) is 50.2 Å². The fourth-order valence-corrected chi connectivity index (χ4v) is 4.48. The van der Waals surface area contributed by atoms with Crippen molar-refractivity contribution in [3.63, 3.8) is 0 Å². The molecular weight excluding hydrogens is 418 g/mol. The summed E-state index contributed by atoms with van der Waals surface area (Å²) in [6.45, 7) is 2.93. The third-order valence-electron chi connectivity index (χ3n) is 5.01. The molecule has 6 nitrogen and oxygen atoms in total. The topological polar surface area (TPSA) is 63.1 Å². The lowest BCUT2D eigenvalue weighted by Gasteiger charge is -2.26. The van der Waals surface area contributed by atoms with Crippen LogP contribution < -0.4 is 5.32 Å². The molecule has 0 unspecified atom stereocenters. The summed E-state index contributed by atoms with van der Waals surface area (Å²) in [6.07, 6.45) is 3.75. The van der Waals surface area contributed by atoms with E-state index in [1.807, 2.05) is 42.5 Å². The Kier molecular flexibility index (Phi) is 7.04. The molecule has 0 bridgehead atoms. The van der Waals surface area contributed by atoms with Crippen molar-refractivity contribution < 1.29 is 4.79 Å². The molecule has 1 aliphatic heterocycles. The molecule has 0 atom stereocenters. The summed E-state index contributed by atoms with van der Waals surface area (Å²) in [5.74, 6) is 0.991. The number of piperidine rings is 1. The number of aromatic nitrogens is 3. The molecule has 156 valence electrons. The Hall–Kier alpha value is -2.35. The maximum Gasteiger partial charge on any atom is 0.234 e. The summed E-state index contributed by atoms with van der Waals surface area (Å²) in [6, 6.07) is 17.3. The number of rotatable bonds is 7. The molecule has 2 heterocycles. The number of carbonyl (C=O) groups excluding carboxylic acids is 1. The number of benzene rings is 2. The molecule has 1 amide bonds. The highest BCUT2D eigenvalue weighted by Crippen LogP contribution is 2.25. The van der Waals surface area contributed by atoms with Crippen LogP contribution in [0.3, 0.4) is 0 Å². The van der Waals surface area contributed by atoms with Crippen molar-refractivity contribution in [3.05, 3.63) is 65.4 Å². The van der Waals surface area contributed by atoms with Crippen LogP contribution in [-0.4, -0.2) is 44.4 Å². The molecule has 4 rings (SSSR count). The molecule has 0 saturated carbocycles. The second kappa shape index (κ2) is 10.1. The Bertz CT molecular complexity index is 988. The number of carbonyl (C=O) groups is 1. The van der Waals surface area contributed by atoms with Crippen LogP contribution >= 0.6 is 23.4 Å². The summed E-state index contributed by atoms with van der Waals surface area (Å²) in [7, 11) is 0. The van der Waals surface area contributed by atoms with Gasteiger partial charge >= 0.3 is 0 Å². The molecule has 0 radical (unpaired) electrons. The molecule has 0 spiro atoms. The molecule has 0 aliphatic carbocycles. The first-order valence-electron chi connectivity index (χ1n) is 10.1. The molecular formula is C22H24ClN5OS. The predicted molar refractivity (Wildman–Crippen MR) is 121 cm³/mol. The number of thioether (sulfide) groups is 1. The van der Waals surface area contributed by atoms with E-state index in [-0.39, 0.29) is 11.7 Å². The zero-order chi connectivity index (χ0) is 20.8. The minimum absolute atomic E-state index is 0.131. The van der Waals surface area contributed by atoms with Gasteiger partial charge < -0.3 is 5.32 Å². The van der Waals surface area contributed by atoms with Crippen molar-refractivity contribution in [2.75, 3.05) is 24.2 Å². The molecule has 30 heavy (non-hydrogen) atoms. The van der Waals surface area contributed by atoms with Gasteiger partial charge in [-0.2, -0.15) is 0 Å². The fraction of sp³-hybridized carbons (Fsp3) is 0.318. The Balaban J connectivity index is 1.49. The summed E-state index contributed by atoms with van der Waals surface area (Å²) < 4.78 is 2.06. The van der Waals surface area contributed by atoms with Gasteiger partial charge in [0.25, 0.3) is 0 Å². The molecule has 3 aromatic rings. The Morgan fingerprint density at radius 2 is 1.73 bits per heavy atom. The van der Waals surface area contributed by atoms with Crippen LogP contribution in [0, 0.1) is 0 Å². The van der Waals surface area contributed by atoms with E-state index in [9.17, 15) is 4.79 Å². The van der Waals surface area contributed by atoms with E-state index in [1.54, 1.807) is 12.1 Å². The minimum Gasteiger partial charge on any atom is -0.324 e. The SMILES string of the molecule is O=C(CSc1nnc(CN2CCCCC2)n1-c1ccccc1)Nc1ccccc1Cl. The van der Waals surface area contributed by atoms with Crippen LogP contribution in [0.5, 0.6) is 0 Å². The van der Waals surface area contributed by atoms with Crippen molar-refractivity contribution in [2.45, 2.75) is 31.0 Å². The Morgan fingerprint density at radius 3 is 2.50 bits per heavy atom. The van der Waals surface area contributed by atoms with Crippen LogP contribution in [0.4, 0.5) is 5.69 Å². The Morgan fingerprint density at radius 1 is 1.00 bits per heavy atom. The number of hydrogen-bond acceptors (Lipinski definition) is 5. The van der Waals surface area contributed by atoms with Gasteiger partial charge in [0.15, 0.2) is 11.0 Å². The second-order valence-electron chi connectivity index (χ2n) is 7.22. The number of halogens is 1. The van der Waals surface area contributed by atoms with E-state index in [0.29, 0.717) is 15.9 Å². The van der Waals surface area contributed by atoms with Gasteiger partial charge in [0, 0.05) is 5.69 Å². The maximum absolute atomic E-state index is 12.5. The standard InChI is InChI=1S/C22H24ClN5OS/c23-18-11-5-6-12-19(18)24-21(29)16-30-22-26-25-20(15-27-13-7-2-8-14-27)28(22)17-9-3-1-4-10-17/h1,3-6,9-12H,2,7-8,13-16H2,(H,24,29). The smallest absolute Gasteiger partial charge is 0.234 e. The lowest BCUT2D eigenvalue weighted by Crippen LogP contribution is -2.30. The molecule has 1 aliphatic rings. The van der Waals surface area contributed by atoms with Crippen LogP contribution in [0.2, 0.25) is 5.02 Å². The highest BCUT2D eigenvalue weighted by Gasteiger charge is 2.19. The van der Waals surface area contributed by atoms with Gasteiger partial charge in [-0.3, -0.25) is 14.3 Å². The summed E-state index contributed by atoms with van der Waals surface area (Å²) >= 11 is 7.51. The molecule has 1 fully saturated rings. The third kappa shape index (κ3) is 5.22. The zero-order valence-corrected chi connectivity index (χ0v) is 18.2. The minimum atomic E-state index is -0.131. The van der Waals surface area contributed by atoms with E-state index < -0.39 is 0 Å². The molecule has 2 aromatic carbocycles. The van der Waals surface area contributed by atoms with Crippen molar-refractivity contribution in [1.82, 2.24) is 19.7 Å². The highest BCUT2D eigenvalue weighted by atomic mass is 35.5. The molecule has 1 N–H and O–H groups in total. The quantitative estimate of drug-likeness (QED) is 0.541. The number of hydrogen-bond donors (Lipinski definition) is 1. The highest BCUT2D eigenvalue weighted by molar-refractivity contribution is 7.99. The van der Waals surface area contributed by atoms with Crippen molar-refractivity contribution in [1.29, 1.82) is 0 Å². The van der Waals surface area contributed by atoms with Crippen LogP contribution in [0.1, 0.15) is 25.1 Å². The first-order valence-corrected chi connectivity index (χ1v) is 11.5. The predicted octanol–water partition coefficient (Wildman–Crippen LogP) is 4.64. The lowest BCUT2D eigenvalue weighted by molar-refractivity contribution is -0.113. The van der Waals surface area contributed by atoms with E-state index >= 15 is 0 Å². The number of likely N-dealkylation sites (tertiary alicyclic amines) is 1. The summed E-state index contributed by atoms with van der Waals surface area (Å²) in [5, 5.41) is 12.9. The van der Waals surface area contributed by atoms with Gasteiger partial charge in [0.05, 0.1) is 23.0 Å². The summed E-state index contributed by atoms with van der Waals surface area (Å²) in [4.78, 5) is 14.9. The first kappa shape index (κ1) is 20.9. The van der Waals surface area contributed by atoms with Gasteiger partial charge in [0.2, 0.25) is 5.91 Å². The van der Waals surface area contributed by atoms with Crippen molar-refractivity contribution >= 4 is 35.0 Å². The average Bonchev–Trinajstić information content (AvgIpc) is 3.17. The van der Waals surface area contributed by atoms with Gasteiger partial charge in [-0.25, -0.2) is 0 Å². The van der Waals surface area contributed by atoms with E-state index in [0.717, 1.165) is 31.1 Å². The molecule has 1 saturated heterocycles. The van der Waals surface area contributed by atoms with Crippen LogP contribution in [0.15, 0.2) is 59.8 Å². The average molecular weight is 442 g/mol. The first-order chi connectivity index (χ1) is 14.7. The number of nitrogens with zero attached hydrogens (tertiary/aromatic N) is 4. The number of anilines is 1. The van der Waals surface area contributed by atoms with Crippen LogP contribution in [-0.2, 0) is 11.3 Å². The second-order valence-corrected chi connectivity index (χ2v) is 8.57. The van der Waals surface area contributed by atoms with Gasteiger partial charge in [-0.15, -0.1) is 10.2 Å². The normalized spacial score (nSPS) is 14.6.